The van der Waals surface area contributed by atoms with E-state index in [0.29, 0.717) is 11.1 Å². The Balaban J connectivity index is 1.99. The molecule has 27 heavy (non-hydrogen) atoms. The van der Waals surface area contributed by atoms with E-state index in [0.717, 1.165) is 45.5 Å². The van der Waals surface area contributed by atoms with Crippen molar-refractivity contribution in [2.24, 2.45) is 0 Å². The highest BCUT2D eigenvalue weighted by Gasteiger charge is 2.15. The molecule has 3 nitrogen and oxygen atoms in total. The molecule has 0 fully saturated rings. The summed E-state index contributed by atoms with van der Waals surface area (Å²) in [5, 5.41) is 4.24. The number of fused-ring (bicyclic) bond motifs is 4. The predicted octanol–water partition coefficient (Wildman–Crippen LogP) is 5.56. The van der Waals surface area contributed by atoms with Crippen LogP contribution in [-0.4, -0.2) is 17.1 Å². The number of carbonyl (C=O) groups excluding carboxylic acids is 2. The Bertz CT molecular complexity index is 1290. The van der Waals surface area contributed by atoms with Gasteiger partial charge in [-0.25, -0.2) is 0 Å². The van der Waals surface area contributed by atoms with E-state index in [4.69, 9.17) is 0 Å². The fourth-order valence-electron chi connectivity index (χ4n) is 3.87. The van der Waals surface area contributed by atoms with Crippen LogP contribution in [0.3, 0.4) is 0 Å². The molecule has 0 N–H and O–H groups in total. The van der Waals surface area contributed by atoms with Crippen molar-refractivity contribution in [3.63, 3.8) is 0 Å². The normalized spacial score (nSPS) is 11.3. The summed E-state index contributed by atoms with van der Waals surface area (Å²) >= 11 is 0. The molecular formula is C24H15NO2. The minimum Gasteiger partial charge on any atom is -0.309 e. The van der Waals surface area contributed by atoms with Gasteiger partial charge in [-0.3, -0.25) is 9.59 Å². The van der Waals surface area contributed by atoms with Crippen LogP contribution in [0.15, 0.2) is 78.9 Å². The molecule has 128 valence electrons. The Hall–Kier alpha value is -3.72. The van der Waals surface area contributed by atoms with Crippen molar-refractivity contribution in [1.29, 1.82) is 0 Å². The second-order valence-electron chi connectivity index (χ2n) is 6.62. The van der Waals surface area contributed by atoms with Gasteiger partial charge in [-0.05, 0) is 47.9 Å². The molecule has 0 bridgehead atoms. The maximum Gasteiger partial charge on any atom is 0.150 e. The maximum atomic E-state index is 11.3. The maximum absolute atomic E-state index is 11.3. The first kappa shape index (κ1) is 15.5. The number of rotatable bonds is 3. The molecule has 0 radical (unpaired) electrons. The number of hydrogen-bond donors (Lipinski definition) is 0. The van der Waals surface area contributed by atoms with Crippen LogP contribution in [0.2, 0.25) is 0 Å². The van der Waals surface area contributed by atoms with Crippen molar-refractivity contribution in [3.8, 4) is 5.69 Å². The first-order valence-corrected chi connectivity index (χ1v) is 8.77. The highest BCUT2D eigenvalue weighted by molar-refractivity contribution is 6.12. The van der Waals surface area contributed by atoms with Gasteiger partial charge in [0.2, 0.25) is 0 Å². The van der Waals surface area contributed by atoms with Crippen molar-refractivity contribution in [2.45, 2.75) is 0 Å². The van der Waals surface area contributed by atoms with Crippen molar-refractivity contribution >= 4 is 45.2 Å². The van der Waals surface area contributed by atoms with Gasteiger partial charge in [0, 0.05) is 27.3 Å². The number of carbonyl (C=O) groups is 2. The Labute approximate surface area is 155 Å². The SMILES string of the molecule is O=Cc1ccc2c(c1)c1cc(C=O)ccc1n2-c1cccc2ccccc12. The molecule has 0 aliphatic carbocycles. The fraction of sp³-hybridized carbons (Fsp3) is 0. The Morgan fingerprint density at radius 2 is 1.19 bits per heavy atom. The summed E-state index contributed by atoms with van der Waals surface area (Å²) in [6.45, 7) is 0. The highest BCUT2D eigenvalue weighted by Crippen LogP contribution is 2.35. The van der Waals surface area contributed by atoms with Crippen molar-refractivity contribution in [2.75, 3.05) is 0 Å². The lowest BCUT2D eigenvalue weighted by Gasteiger charge is -2.11. The molecule has 3 heteroatoms. The monoisotopic (exact) mass is 349 g/mol. The number of aromatic nitrogens is 1. The van der Waals surface area contributed by atoms with E-state index in [1.54, 1.807) is 0 Å². The molecule has 0 aliphatic rings. The van der Waals surface area contributed by atoms with Gasteiger partial charge in [0.15, 0.2) is 0 Å². The van der Waals surface area contributed by atoms with Crippen LogP contribution >= 0.6 is 0 Å². The van der Waals surface area contributed by atoms with Crippen LogP contribution in [0.1, 0.15) is 20.7 Å². The van der Waals surface area contributed by atoms with E-state index in [9.17, 15) is 9.59 Å². The van der Waals surface area contributed by atoms with Crippen molar-refractivity contribution in [3.05, 3.63) is 90.0 Å². The molecule has 0 unspecified atom stereocenters. The molecule has 0 aliphatic heterocycles. The minimum atomic E-state index is 0.621. The fourth-order valence-corrected chi connectivity index (χ4v) is 3.87. The molecule has 5 aromatic rings. The van der Waals surface area contributed by atoms with Gasteiger partial charge < -0.3 is 4.57 Å². The smallest absolute Gasteiger partial charge is 0.150 e. The van der Waals surface area contributed by atoms with E-state index in [-0.39, 0.29) is 0 Å². The topological polar surface area (TPSA) is 39.1 Å². The Kier molecular flexibility index (Phi) is 3.41. The van der Waals surface area contributed by atoms with Crippen LogP contribution in [0.25, 0.3) is 38.3 Å². The van der Waals surface area contributed by atoms with Crippen molar-refractivity contribution < 1.29 is 9.59 Å². The van der Waals surface area contributed by atoms with Crippen LogP contribution in [-0.2, 0) is 0 Å². The van der Waals surface area contributed by atoms with Gasteiger partial charge in [-0.15, -0.1) is 0 Å². The molecule has 1 heterocycles. The van der Waals surface area contributed by atoms with E-state index < -0.39 is 0 Å². The summed E-state index contributed by atoms with van der Waals surface area (Å²) in [6.07, 6.45) is 1.70. The van der Waals surface area contributed by atoms with Gasteiger partial charge >= 0.3 is 0 Å². The minimum absolute atomic E-state index is 0.621. The molecular weight excluding hydrogens is 334 g/mol. The Morgan fingerprint density at radius 3 is 1.81 bits per heavy atom. The zero-order chi connectivity index (χ0) is 18.4. The van der Waals surface area contributed by atoms with E-state index >= 15 is 0 Å². The molecule has 0 saturated carbocycles. The van der Waals surface area contributed by atoms with Gasteiger partial charge in [0.25, 0.3) is 0 Å². The summed E-state index contributed by atoms with van der Waals surface area (Å²) in [6, 6.07) is 25.9. The van der Waals surface area contributed by atoms with Crippen LogP contribution in [0.5, 0.6) is 0 Å². The summed E-state index contributed by atoms with van der Waals surface area (Å²) in [7, 11) is 0. The zero-order valence-corrected chi connectivity index (χ0v) is 14.4. The Morgan fingerprint density at radius 1 is 0.593 bits per heavy atom. The number of benzene rings is 4. The van der Waals surface area contributed by atoms with Crippen molar-refractivity contribution in [1.82, 2.24) is 4.57 Å². The lowest BCUT2D eigenvalue weighted by molar-refractivity contribution is 0.111. The summed E-state index contributed by atoms with van der Waals surface area (Å²) in [5.41, 5.74) is 4.34. The average molecular weight is 349 g/mol. The first-order chi connectivity index (χ1) is 13.3. The number of nitrogens with zero attached hydrogens (tertiary/aromatic N) is 1. The van der Waals surface area contributed by atoms with Gasteiger partial charge in [-0.1, -0.05) is 36.4 Å². The third kappa shape index (κ3) is 2.29. The molecule has 0 spiro atoms. The quantitative estimate of drug-likeness (QED) is 0.400. The highest BCUT2D eigenvalue weighted by atomic mass is 16.1. The molecule has 5 rings (SSSR count). The third-order valence-corrected chi connectivity index (χ3v) is 5.09. The van der Waals surface area contributed by atoms with Crippen LogP contribution in [0.4, 0.5) is 0 Å². The van der Waals surface area contributed by atoms with Gasteiger partial charge in [0.05, 0.1) is 16.7 Å². The largest absolute Gasteiger partial charge is 0.309 e. The first-order valence-electron chi connectivity index (χ1n) is 8.77. The second kappa shape index (κ2) is 5.92. The van der Waals surface area contributed by atoms with Crippen LogP contribution in [0, 0.1) is 0 Å². The van der Waals surface area contributed by atoms with E-state index in [2.05, 4.69) is 34.9 Å². The predicted molar refractivity (Wildman–Crippen MR) is 109 cm³/mol. The summed E-state index contributed by atoms with van der Waals surface area (Å²) in [4.78, 5) is 22.6. The second-order valence-corrected chi connectivity index (χ2v) is 6.62. The van der Waals surface area contributed by atoms with Gasteiger partial charge in [0.1, 0.15) is 12.6 Å². The third-order valence-electron chi connectivity index (χ3n) is 5.09. The summed E-state index contributed by atoms with van der Waals surface area (Å²) < 4.78 is 2.20. The molecule has 1 aromatic heterocycles. The number of hydrogen-bond acceptors (Lipinski definition) is 2. The lowest BCUT2D eigenvalue weighted by Crippen LogP contribution is -1.95. The average Bonchev–Trinajstić information content (AvgIpc) is 3.05. The molecule has 0 atom stereocenters. The van der Waals surface area contributed by atoms with Gasteiger partial charge in [-0.2, -0.15) is 0 Å². The number of aldehydes is 2. The standard InChI is InChI=1S/C24H15NO2/c26-14-16-8-10-23-20(12-16)21-13-17(15-27)9-11-24(21)25(23)22-7-3-5-18-4-1-2-6-19(18)22/h1-15H. The van der Waals surface area contributed by atoms with E-state index in [1.165, 1.54) is 5.39 Å². The molecule has 4 aromatic carbocycles. The lowest BCUT2D eigenvalue weighted by atomic mass is 10.1. The molecule has 0 amide bonds. The summed E-state index contributed by atoms with van der Waals surface area (Å²) in [5.74, 6) is 0. The zero-order valence-electron chi connectivity index (χ0n) is 14.4. The van der Waals surface area contributed by atoms with Crippen LogP contribution < -0.4 is 0 Å². The van der Waals surface area contributed by atoms with E-state index in [1.807, 2.05) is 48.5 Å². The molecule has 0 saturated heterocycles.